The average Bonchev–Trinajstić information content (AvgIpc) is 2.90. The molecule has 0 saturated carbocycles. The number of fused-ring (bicyclic) bond motifs is 2. The molecule has 0 unspecified atom stereocenters. The van der Waals surface area contributed by atoms with Crippen LogP contribution in [0.4, 0.5) is 11.4 Å². The minimum absolute atomic E-state index is 0.660. The molecule has 2 aliphatic rings. The Bertz CT molecular complexity index is 1410. The molecule has 1 heterocycles. The minimum atomic E-state index is 0.660. The highest BCUT2D eigenvalue weighted by atomic mass is 35.5. The molecule has 4 nitrogen and oxygen atoms in total. The molecule has 0 N–H and O–H groups in total. The van der Waals surface area contributed by atoms with Crippen molar-refractivity contribution in [3.63, 3.8) is 0 Å². The zero-order valence-corrected chi connectivity index (χ0v) is 24.4. The van der Waals surface area contributed by atoms with E-state index in [4.69, 9.17) is 27.6 Å². The molecule has 2 aromatic rings. The third kappa shape index (κ3) is 5.19. The molecular weight excluding hydrogens is 501 g/mol. The van der Waals surface area contributed by atoms with Crippen LogP contribution in [-0.2, 0) is 0 Å². The molecule has 0 bridgehead atoms. The minimum Gasteiger partial charge on any atom is -0.456 e. The van der Waals surface area contributed by atoms with Crippen LogP contribution >= 0.6 is 23.2 Å². The van der Waals surface area contributed by atoms with Crippen molar-refractivity contribution < 1.29 is 4.42 Å². The van der Waals surface area contributed by atoms with Crippen molar-refractivity contribution >= 4 is 45.5 Å². The van der Waals surface area contributed by atoms with Crippen LogP contribution in [0.5, 0.6) is 0 Å². The first kappa shape index (κ1) is 27.3. The standard InChI is InChI=1S/C31H38Cl2N3O/c1-7-34(8-2)22-13-15-24-28(19-22)37-29-20-23(35(9-3)10-4)14-16-25(29)30(24)21-17-26(32)31(27(33)18-21)36(11-5)12-6/h13-20H,7-12H2,1-6H3/q+1. The summed E-state index contributed by atoms with van der Waals surface area (Å²) in [6.07, 6.45) is 0. The molecule has 0 radical (unpaired) electrons. The van der Waals surface area contributed by atoms with Gasteiger partial charge in [0, 0.05) is 60.5 Å². The fourth-order valence-corrected chi connectivity index (χ4v) is 6.03. The van der Waals surface area contributed by atoms with E-state index in [1.165, 1.54) is 0 Å². The lowest BCUT2D eigenvalue weighted by Crippen LogP contribution is -2.29. The van der Waals surface area contributed by atoms with Gasteiger partial charge >= 0.3 is 0 Å². The van der Waals surface area contributed by atoms with Gasteiger partial charge in [0.25, 0.3) is 0 Å². The predicted molar refractivity (Wildman–Crippen MR) is 162 cm³/mol. The maximum Gasteiger partial charge on any atom is 0.203 e. The van der Waals surface area contributed by atoms with Gasteiger partial charge in [-0.05, 0) is 77.4 Å². The van der Waals surface area contributed by atoms with Crippen molar-refractivity contribution in [3.05, 3.63) is 63.9 Å². The first-order chi connectivity index (χ1) is 17.9. The van der Waals surface area contributed by atoms with Gasteiger partial charge in [0.1, 0.15) is 24.4 Å². The summed E-state index contributed by atoms with van der Waals surface area (Å²) in [5, 5.41) is 3.52. The van der Waals surface area contributed by atoms with E-state index in [2.05, 4.69) is 92.3 Å². The van der Waals surface area contributed by atoms with E-state index in [1.54, 1.807) is 0 Å². The van der Waals surface area contributed by atoms with Crippen LogP contribution in [0.3, 0.4) is 0 Å². The highest BCUT2D eigenvalue weighted by molar-refractivity contribution is 6.39. The molecular formula is C31H38Cl2N3O+. The molecule has 0 amide bonds. The van der Waals surface area contributed by atoms with Crippen LogP contribution in [-0.4, -0.2) is 39.3 Å². The normalized spacial score (nSPS) is 11.4. The second-order valence-electron chi connectivity index (χ2n) is 9.14. The van der Waals surface area contributed by atoms with E-state index in [-0.39, 0.29) is 0 Å². The van der Waals surface area contributed by atoms with Crippen LogP contribution in [0.2, 0.25) is 10.0 Å². The quantitative estimate of drug-likeness (QED) is 0.159. The largest absolute Gasteiger partial charge is 0.456 e. The molecule has 0 aromatic heterocycles. The summed E-state index contributed by atoms with van der Waals surface area (Å²) in [5.74, 6) is 0.851. The number of rotatable bonds is 9. The van der Waals surface area contributed by atoms with Gasteiger partial charge < -0.3 is 14.2 Å². The van der Waals surface area contributed by atoms with E-state index < -0.39 is 0 Å². The Morgan fingerprint density at radius 3 is 1.92 bits per heavy atom. The lowest BCUT2D eigenvalue weighted by molar-refractivity contribution is 0.604. The topological polar surface area (TPSA) is 22.6 Å². The van der Waals surface area contributed by atoms with Gasteiger partial charge in [-0.3, -0.25) is 0 Å². The summed E-state index contributed by atoms with van der Waals surface area (Å²) in [6.45, 7) is 18.4. The summed E-state index contributed by atoms with van der Waals surface area (Å²) in [4.78, 5) is 4.52. The van der Waals surface area contributed by atoms with Crippen molar-refractivity contribution in [2.24, 2.45) is 0 Å². The van der Waals surface area contributed by atoms with Crippen LogP contribution in [0.15, 0.2) is 52.9 Å². The van der Waals surface area contributed by atoms with Gasteiger partial charge in [-0.25, -0.2) is 4.58 Å². The van der Waals surface area contributed by atoms with Gasteiger partial charge in [-0.2, -0.15) is 0 Å². The SMILES string of the molecule is CCN(CC)c1ccc2c(-c3cc(Cl)c(N(CC)CC)c(Cl)c3)c3ccc(=[N+](CC)CC)cc-3oc2c1. The second kappa shape index (κ2) is 11.8. The number of halogens is 2. The summed E-state index contributed by atoms with van der Waals surface area (Å²) >= 11 is 13.8. The van der Waals surface area contributed by atoms with Crippen molar-refractivity contribution in [1.29, 1.82) is 0 Å². The van der Waals surface area contributed by atoms with E-state index in [0.29, 0.717) is 10.0 Å². The molecule has 1 aliphatic heterocycles. The predicted octanol–water partition coefficient (Wildman–Crippen LogP) is 8.02. The zero-order chi connectivity index (χ0) is 26.7. The summed E-state index contributed by atoms with van der Waals surface area (Å²) in [7, 11) is 0. The van der Waals surface area contributed by atoms with Crippen LogP contribution in [0.1, 0.15) is 41.5 Å². The van der Waals surface area contributed by atoms with Gasteiger partial charge in [-0.15, -0.1) is 0 Å². The summed E-state index contributed by atoms with van der Waals surface area (Å²) in [5.41, 5.74) is 6.01. The molecule has 0 spiro atoms. The maximum atomic E-state index is 6.89. The van der Waals surface area contributed by atoms with Gasteiger partial charge in [0.15, 0.2) is 0 Å². The lowest BCUT2D eigenvalue weighted by atomic mass is 9.93. The zero-order valence-electron chi connectivity index (χ0n) is 22.9. The number of anilines is 2. The smallest absolute Gasteiger partial charge is 0.203 e. The van der Waals surface area contributed by atoms with E-state index in [0.717, 1.165) is 89.4 Å². The second-order valence-corrected chi connectivity index (χ2v) is 9.96. The fraction of sp³-hybridized carbons (Fsp3) is 0.387. The summed E-state index contributed by atoms with van der Waals surface area (Å²) < 4.78 is 8.93. The van der Waals surface area contributed by atoms with Gasteiger partial charge in [0.05, 0.1) is 21.8 Å². The highest BCUT2D eigenvalue weighted by Gasteiger charge is 2.22. The Labute approximate surface area is 231 Å². The number of hydrogen-bond acceptors (Lipinski definition) is 3. The van der Waals surface area contributed by atoms with Crippen molar-refractivity contribution in [1.82, 2.24) is 4.58 Å². The molecule has 0 saturated heterocycles. The molecule has 0 fully saturated rings. The molecule has 196 valence electrons. The molecule has 0 atom stereocenters. The molecule has 2 aromatic carbocycles. The van der Waals surface area contributed by atoms with E-state index in [1.807, 2.05) is 12.1 Å². The molecule has 1 aliphatic carbocycles. The Morgan fingerprint density at radius 2 is 1.35 bits per heavy atom. The average molecular weight is 540 g/mol. The third-order valence-electron chi connectivity index (χ3n) is 7.33. The molecule has 6 heteroatoms. The third-order valence-corrected chi connectivity index (χ3v) is 7.91. The molecule has 4 rings (SSSR count). The van der Waals surface area contributed by atoms with Gasteiger partial charge in [0.2, 0.25) is 5.36 Å². The van der Waals surface area contributed by atoms with Crippen LogP contribution in [0.25, 0.3) is 33.4 Å². The Hall–Kier alpha value is -2.69. The first-order valence-corrected chi connectivity index (χ1v) is 14.2. The lowest BCUT2D eigenvalue weighted by Gasteiger charge is -2.25. The number of nitrogens with zero attached hydrogens (tertiary/aromatic N) is 3. The Morgan fingerprint density at radius 1 is 0.730 bits per heavy atom. The van der Waals surface area contributed by atoms with Crippen molar-refractivity contribution in [2.75, 3.05) is 49.1 Å². The van der Waals surface area contributed by atoms with E-state index in [9.17, 15) is 0 Å². The summed E-state index contributed by atoms with van der Waals surface area (Å²) in [6, 6.07) is 17.1. The fourth-order valence-electron chi connectivity index (χ4n) is 5.30. The number of hydrogen-bond donors (Lipinski definition) is 0. The van der Waals surface area contributed by atoms with Crippen molar-refractivity contribution in [2.45, 2.75) is 41.5 Å². The maximum absolute atomic E-state index is 6.89. The monoisotopic (exact) mass is 538 g/mol. The molecule has 37 heavy (non-hydrogen) atoms. The van der Waals surface area contributed by atoms with Gasteiger partial charge in [-0.1, -0.05) is 23.2 Å². The Kier molecular flexibility index (Phi) is 8.71. The van der Waals surface area contributed by atoms with Crippen LogP contribution in [0, 0.1) is 0 Å². The van der Waals surface area contributed by atoms with E-state index >= 15 is 0 Å². The Balaban J connectivity index is 2.07. The number of benzene rings is 3. The van der Waals surface area contributed by atoms with Crippen LogP contribution < -0.4 is 19.7 Å². The van der Waals surface area contributed by atoms with Crippen molar-refractivity contribution in [3.8, 4) is 22.5 Å². The highest BCUT2D eigenvalue weighted by Crippen LogP contribution is 2.45. The first-order valence-electron chi connectivity index (χ1n) is 13.5.